The van der Waals surface area contributed by atoms with E-state index < -0.39 is 0 Å². The van der Waals surface area contributed by atoms with Crippen LogP contribution in [0.5, 0.6) is 0 Å². The lowest BCUT2D eigenvalue weighted by Crippen LogP contribution is -2.28. The molecule has 2 nitrogen and oxygen atoms in total. The molecule has 1 amide bonds. The Morgan fingerprint density at radius 1 is 1.36 bits per heavy atom. The lowest BCUT2D eigenvalue weighted by Gasteiger charge is -2.03. The molecule has 1 saturated carbocycles. The first-order valence-electron chi connectivity index (χ1n) is 5.07. The summed E-state index contributed by atoms with van der Waals surface area (Å²) in [6.45, 7) is 9.14. The van der Waals surface area contributed by atoms with Crippen molar-refractivity contribution in [1.29, 1.82) is 0 Å². The van der Waals surface area contributed by atoms with Crippen molar-refractivity contribution in [1.82, 2.24) is 5.32 Å². The zero-order valence-corrected chi connectivity index (χ0v) is 9.48. The van der Waals surface area contributed by atoms with Crippen molar-refractivity contribution < 1.29 is 4.79 Å². The molecular formula is C12H19NO. The summed E-state index contributed by atoms with van der Waals surface area (Å²) in [6, 6.07) is 0. The number of rotatable bonds is 3. The molecular weight excluding hydrogens is 174 g/mol. The van der Waals surface area contributed by atoms with Crippen LogP contribution in [0.4, 0.5) is 0 Å². The molecule has 1 aliphatic rings. The minimum absolute atomic E-state index is 0.118. The van der Waals surface area contributed by atoms with E-state index in [0.29, 0.717) is 13.0 Å². The summed E-state index contributed by atoms with van der Waals surface area (Å²) in [5.74, 6) is 2.79. The summed E-state index contributed by atoms with van der Waals surface area (Å²) in [6.07, 6.45) is 5.72. The van der Waals surface area contributed by atoms with Gasteiger partial charge in [0.25, 0.3) is 0 Å². The fourth-order valence-electron chi connectivity index (χ4n) is 2.21. The normalized spacial score (nSPS) is 22.5. The monoisotopic (exact) mass is 193 g/mol. The highest BCUT2D eigenvalue weighted by Gasteiger charge is 2.68. The average molecular weight is 193 g/mol. The van der Waals surface area contributed by atoms with Gasteiger partial charge in [-0.1, -0.05) is 27.7 Å². The van der Waals surface area contributed by atoms with Crippen molar-refractivity contribution in [3.05, 3.63) is 0 Å². The zero-order valence-electron chi connectivity index (χ0n) is 9.48. The molecule has 0 aromatic carbocycles. The largest absolute Gasteiger partial charge is 0.355 e. The van der Waals surface area contributed by atoms with Crippen LogP contribution in [0, 0.1) is 29.1 Å². The van der Waals surface area contributed by atoms with Gasteiger partial charge in [0, 0.05) is 18.9 Å². The summed E-state index contributed by atoms with van der Waals surface area (Å²) < 4.78 is 0. The second-order valence-electron chi connectivity index (χ2n) is 5.12. The first-order valence-corrected chi connectivity index (χ1v) is 5.07. The third-order valence-corrected chi connectivity index (χ3v) is 3.85. The lowest BCUT2D eigenvalue weighted by molar-refractivity contribution is -0.123. The number of amides is 1. The van der Waals surface area contributed by atoms with Crippen LogP contribution in [-0.2, 0) is 4.79 Å². The Morgan fingerprint density at radius 3 is 2.21 bits per heavy atom. The van der Waals surface area contributed by atoms with Crippen LogP contribution < -0.4 is 5.32 Å². The summed E-state index contributed by atoms with van der Waals surface area (Å²) in [4.78, 5) is 11.7. The number of carbonyl (C=O) groups excluding carboxylic acids is 1. The quantitative estimate of drug-likeness (QED) is 0.537. The van der Waals surface area contributed by atoms with Gasteiger partial charge >= 0.3 is 0 Å². The molecule has 0 atom stereocenters. The van der Waals surface area contributed by atoms with E-state index in [9.17, 15) is 4.79 Å². The minimum atomic E-state index is 0.118. The van der Waals surface area contributed by atoms with Gasteiger partial charge in [0.1, 0.15) is 0 Å². The van der Waals surface area contributed by atoms with Gasteiger partial charge < -0.3 is 5.32 Å². The zero-order chi connectivity index (χ0) is 11.0. The molecule has 0 aromatic heterocycles. The molecule has 0 radical (unpaired) electrons. The molecule has 0 spiro atoms. The van der Waals surface area contributed by atoms with Crippen molar-refractivity contribution >= 4 is 5.91 Å². The maximum absolute atomic E-state index is 11.7. The molecule has 1 aliphatic carbocycles. The maximum atomic E-state index is 11.7. The molecule has 0 bridgehead atoms. The Morgan fingerprint density at radius 2 is 1.86 bits per heavy atom. The maximum Gasteiger partial charge on any atom is 0.224 e. The van der Waals surface area contributed by atoms with Crippen molar-refractivity contribution in [2.75, 3.05) is 6.54 Å². The molecule has 78 valence electrons. The van der Waals surface area contributed by atoms with Crippen molar-refractivity contribution in [2.24, 2.45) is 16.7 Å². The number of hydrogen-bond donors (Lipinski definition) is 1. The van der Waals surface area contributed by atoms with Crippen molar-refractivity contribution in [3.63, 3.8) is 0 Å². The molecule has 1 fully saturated rings. The fourth-order valence-corrected chi connectivity index (χ4v) is 2.21. The molecule has 14 heavy (non-hydrogen) atoms. The highest BCUT2D eigenvalue weighted by Crippen LogP contribution is 2.68. The van der Waals surface area contributed by atoms with Crippen LogP contribution in [0.15, 0.2) is 0 Å². The van der Waals surface area contributed by atoms with E-state index >= 15 is 0 Å². The van der Waals surface area contributed by atoms with Crippen LogP contribution in [0.2, 0.25) is 0 Å². The van der Waals surface area contributed by atoms with Crippen LogP contribution >= 0.6 is 0 Å². The molecule has 2 heteroatoms. The second kappa shape index (κ2) is 3.31. The highest BCUT2D eigenvalue weighted by molar-refractivity contribution is 5.84. The lowest BCUT2D eigenvalue weighted by atomic mass is 10.0. The van der Waals surface area contributed by atoms with E-state index in [-0.39, 0.29) is 22.7 Å². The Kier molecular flexibility index (Phi) is 2.63. The SMILES string of the molecule is C#CCCNC(=O)C1C(C)(C)C1(C)C. The van der Waals surface area contributed by atoms with Gasteiger partial charge in [-0.25, -0.2) is 0 Å². The summed E-state index contributed by atoms with van der Waals surface area (Å²) in [5.41, 5.74) is 0.237. The number of carbonyl (C=O) groups is 1. The first-order chi connectivity index (χ1) is 6.35. The average Bonchev–Trinajstić information content (AvgIpc) is 2.43. The summed E-state index contributed by atoms with van der Waals surface area (Å²) >= 11 is 0. The minimum Gasteiger partial charge on any atom is -0.355 e. The van der Waals surface area contributed by atoms with Crippen LogP contribution in [-0.4, -0.2) is 12.5 Å². The van der Waals surface area contributed by atoms with Gasteiger partial charge in [0.15, 0.2) is 0 Å². The van der Waals surface area contributed by atoms with Crippen LogP contribution in [0.25, 0.3) is 0 Å². The third kappa shape index (κ3) is 1.52. The van der Waals surface area contributed by atoms with E-state index in [1.54, 1.807) is 0 Å². The second-order valence-corrected chi connectivity index (χ2v) is 5.12. The molecule has 0 aliphatic heterocycles. The topological polar surface area (TPSA) is 29.1 Å². The van der Waals surface area contributed by atoms with Crippen LogP contribution in [0.1, 0.15) is 34.1 Å². The fraction of sp³-hybridized carbons (Fsp3) is 0.750. The molecule has 1 rings (SSSR count). The first kappa shape index (κ1) is 11.1. The Balaban J connectivity index is 2.46. The van der Waals surface area contributed by atoms with E-state index in [4.69, 9.17) is 6.42 Å². The standard InChI is InChI=1S/C12H19NO/c1-6-7-8-13-10(14)9-11(2,3)12(9,4)5/h1,9H,7-8H2,2-5H3,(H,13,14). The number of hydrogen-bond acceptors (Lipinski definition) is 1. The van der Waals surface area contributed by atoms with E-state index in [2.05, 4.69) is 38.9 Å². The number of terminal acetylenes is 1. The Labute approximate surface area is 86.5 Å². The van der Waals surface area contributed by atoms with Crippen molar-refractivity contribution in [3.8, 4) is 12.3 Å². The molecule has 0 aromatic rings. The predicted molar refractivity (Wildman–Crippen MR) is 57.5 cm³/mol. The molecule has 0 saturated heterocycles. The van der Waals surface area contributed by atoms with Gasteiger partial charge in [0.05, 0.1) is 0 Å². The van der Waals surface area contributed by atoms with Crippen LogP contribution in [0.3, 0.4) is 0 Å². The Bertz CT molecular complexity index is 269. The highest BCUT2D eigenvalue weighted by atomic mass is 16.2. The molecule has 0 unspecified atom stereocenters. The van der Waals surface area contributed by atoms with E-state index in [1.165, 1.54) is 0 Å². The van der Waals surface area contributed by atoms with E-state index in [1.807, 2.05) is 0 Å². The van der Waals surface area contributed by atoms with Gasteiger partial charge in [-0.15, -0.1) is 12.3 Å². The Hall–Kier alpha value is -0.970. The smallest absolute Gasteiger partial charge is 0.224 e. The van der Waals surface area contributed by atoms with E-state index in [0.717, 1.165) is 0 Å². The molecule has 1 N–H and O–H groups in total. The van der Waals surface area contributed by atoms with Gasteiger partial charge in [-0.05, 0) is 10.8 Å². The predicted octanol–water partition coefficient (Wildman–Crippen LogP) is 1.81. The number of nitrogens with one attached hydrogen (secondary N) is 1. The van der Waals surface area contributed by atoms with Crippen molar-refractivity contribution in [2.45, 2.75) is 34.1 Å². The summed E-state index contributed by atoms with van der Waals surface area (Å²) in [5, 5.41) is 2.88. The van der Waals surface area contributed by atoms with Gasteiger partial charge in [0.2, 0.25) is 5.91 Å². The third-order valence-electron chi connectivity index (χ3n) is 3.85. The van der Waals surface area contributed by atoms with Gasteiger partial charge in [-0.2, -0.15) is 0 Å². The molecule has 0 heterocycles. The van der Waals surface area contributed by atoms with Gasteiger partial charge in [-0.3, -0.25) is 4.79 Å². The summed E-state index contributed by atoms with van der Waals surface area (Å²) in [7, 11) is 0.